The van der Waals surface area contributed by atoms with Gasteiger partial charge in [0.1, 0.15) is 11.5 Å². The molecular weight excluding hydrogens is 296 g/mol. The van der Waals surface area contributed by atoms with Crippen molar-refractivity contribution in [2.75, 3.05) is 26.1 Å². The third kappa shape index (κ3) is 4.93. The fourth-order valence-corrected chi connectivity index (χ4v) is 2.21. The van der Waals surface area contributed by atoms with Gasteiger partial charge in [-0.2, -0.15) is 0 Å². The number of anilines is 1. The minimum Gasteiger partial charge on any atom is -0.497 e. The molecule has 0 bridgehead atoms. The van der Waals surface area contributed by atoms with E-state index < -0.39 is 0 Å². The summed E-state index contributed by atoms with van der Waals surface area (Å²) in [5, 5.41) is 6.93. The molecule has 0 radical (unpaired) electrons. The van der Waals surface area contributed by atoms with Crippen molar-refractivity contribution in [2.24, 2.45) is 0 Å². The normalized spacial score (nSPS) is 9.91. The zero-order valence-corrected chi connectivity index (χ0v) is 13.6. The van der Waals surface area contributed by atoms with Crippen LogP contribution in [0.2, 0.25) is 0 Å². The molecule has 2 aromatic rings. The number of hydrogen-bond donors (Lipinski definition) is 2. The molecule has 0 amide bonds. The molecule has 0 spiro atoms. The summed E-state index contributed by atoms with van der Waals surface area (Å²) in [5.74, 6) is 1.66. The fourth-order valence-electron chi connectivity index (χ4n) is 1.99. The summed E-state index contributed by atoms with van der Waals surface area (Å²) in [6, 6.07) is 15.7. The van der Waals surface area contributed by atoms with E-state index in [1.807, 2.05) is 36.4 Å². The van der Waals surface area contributed by atoms with Crippen LogP contribution < -0.4 is 20.1 Å². The van der Waals surface area contributed by atoms with E-state index >= 15 is 0 Å². The van der Waals surface area contributed by atoms with E-state index in [4.69, 9.17) is 21.7 Å². The maximum absolute atomic E-state index is 5.29. The van der Waals surface area contributed by atoms with Gasteiger partial charge < -0.3 is 20.1 Å². The summed E-state index contributed by atoms with van der Waals surface area (Å²) in [4.78, 5) is 0. The predicted octanol–water partition coefficient (Wildman–Crippen LogP) is 3.23. The van der Waals surface area contributed by atoms with Crippen LogP contribution in [0, 0.1) is 0 Å². The Kier molecular flexibility index (Phi) is 6.03. The molecule has 116 valence electrons. The van der Waals surface area contributed by atoms with E-state index in [2.05, 4.69) is 22.8 Å². The molecule has 2 aromatic carbocycles. The molecule has 0 aliphatic carbocycles. The van der Waals surface area contributed by atoms with Crippen LogP contribution in [0.15, 0.2) is 48.5 Å². The summed E-state index contributed by atoms with van der Waals surface area (Å²) in [7, 11) is 3.31. The molecule has 2 N–H and O–H groups in total. The van der Waals surface area contributed by atoms with E-state index in [1.54, 1.807) is 14.2 Å². The summed E-state index contributed by atoms with van der Waals surface area (Å²) >= 11 is 5.29. The van der Waals surface area contributed by atoms with Crippen LogP contribution in [0.3, 0.4) is 0 Å². The van der Waals surface area contributed by atoms with Crippen molar-refractivity contribution in [1.82, 2.24) is 5.32 Å². The van der Waals surface area contributed by atoms with Crippen molar-refractivity contribution in [1.29, 1.82) is 0 Å². The lowest BCUT2D eigenvalue weighted by Gasteiger charge is -2.11. The topological polar surface area (TPSA) is 42.5 Å². The molecule has 0 heterocycles. The van der Waals surface area contributed by atoms with Crippen LogP contribution in [0.4, 0.5) is 5.69 Å². The molecule has 0 unspecified atom stereocenters. The Balaban J connectivity index is 1.77. The number of rotatable bonds is 6. The molecule has 0 saturated heterocycles. The van der Waals surface area contributed by atoms with Crippen molar-refractivity contribution in [3.8, 4) is 11.5 Å². The highest BCUT2D eigenvalue weighted by atomic mass is 32.1. The Bertz CT molecular complexity index is 614. The molecular formula is C17H20N2O2S. The van der Waals surface area contributed by atoms with E-state index in [0.717, 1.165) is 30.2 Å². The average molecular weight is 316 g/mol. The Morgan fingerprint density at radius 2 is 1.73 bits per heavy atom. The number of thiocarbonyl (C=S) groups is 1. The largest absolute Gasteiger partial charge is 0.497 e. The first-order chi connectivity index (χ1) is 10.7. The van der Waals surface area contributed by atoms with Crippen molar-refractivity contribution in [3.63, 3.8) is 0 Å². The van der Waals surface area contributed by atoms with Crippen molar-refractivity contribution in [3.05, 3.63) is 54.1 Å². The maximum atomic E-state index is 5.29. The van der Waals surface area contributed by atoms with Crippen LogP contribution >= 0.6 is 12.2 Å². The van der Waals surface area contributed by atoms with Gasteiger partial charge in [0.15, 0.2) is 5.11 Å². The third-order valence-electron chi connectivity index (χ3n) is 3.19. The Labute approximate surface area is 136 Å². The van der Waals surface area contributed by atoms with Gasteiger partial charge in [0, 0.05) is 18.3 Å². The van der Waals surface area contributed by atoms with Crippen molar-refractivity contribution >= 4 is 23.0 Å². The number of hydrogen-bond acceptors (Lipinski definition) is 3. The molecule has 0 saturated carbocycles. The highest BCUT2D eigenvalue weighted by Crippen LogP contribution is 2.16. The van der Waals surface area contributed by atoms with Gasteiger partial charge in [0.05, 0.1) is 14.2 Å². The Hall–Kier alpha value is -2.27. The number of benzene rings is 2. The highest BCUT2D eigenvalue weighted by Gasteiger charge is 2.00. The van der Waals surface area contributed by atoms with E-state index in [9.17, 15) is 0 Å². The molecule has 0 aliphatic rings. The van der Waals surface area contributed by atoms with Gasteiger partial charge in [0.25, 0.3) is 0 Å². The lowest BCUT2D eigenvalue weighted by atomic mass is 10.1. The summed E-state index contributed by atoms with van der Waals surface area (Å²) < 4.78 is 10.3. The molecule has 2 rings (SSSR count). The van der Waals surface area contributed by atoms with Gasteiger partial charge in [-0.15, -0.1) is 0 Å². The first kappa shape index (κ1) is 16.1. The SMILES string of the molecule is COc1ccc(CCNC(=S)Nc2cccc(OC)c2)cc1. The van der Waals surface area contributed by atoms with Gasteiger partial charge in [-0.3, -0.25) is 0 Å². The first-order valence-corrected chi connectivity index (χ1v) is 7.44. The summed E-state index contributed by atoms with van der Waals surface area (Å²) in [6.45, 7) is 0.766. The summed E-state index contributed by atoms with van der Waals surface area (Å²) in [5.41, 5.74) is 2.14. The molecule has 0 atom stereocenters. The Morgan fingerprint density at radius 3 is 2.41 bits per heavy atom. The average Bonchev–Trinajstić information content (AvgIpc) is 2.55. The van der Waals surface area contributed by atoms with Crippen LogP contribution in [0.1, 0.15) is 5.56 Å². The first-order valence-electron chi connectivity index (χ1n) is 7.03. The number of nitrogens with one attached hydrogen (secondary N) is 2. The standard InChI is InChI=1S/C17H20N2O2S/c1-20-15-8-6-13(7-9-15)10-11-18-17(22)19-14-4-3-5-16(12-14)21-2/h3-9,12H,10-11H2,1-2H3,(H2,18,19,22). The Morgan fingerprint density at radius 1 is 1.00 bits per heavy atom. The van der Waals surface area contributed by atoms with Crippen LogP contribution in [0.25, 0.3) is 0 Å². The third-order valence-corrected chi connectivity index (χ3v) is 3.43. The van der Waals surface area contributed by atoms with Gasteiger partial charge in [-0.1, -0.05) is 18.2 Å². The minimum atomic E-state index is 0.599. The van der Waals surface area contributed by atoms with E-state index in [1.165, 1.54) is 5.56 Å². The molecule has 4 nitrogen and oxygen atoms in total. The number of methoxy groups -OCH3 is 2. The molecule has 5 heteroatoms. The fraction of sp³-hybridized carbons (Fsp3) is 0.235. The van der Waals surface area contributed by atoms with Crippen molar-refractivity contribution < 1.29 is 9.47 Å². The zero-order chi connectivity index (χ0) is 15.8. The monoisotopic (exact) mass is 316 g/mol. The number of ether oxygens (including phenoxy) is 2. The second kappa shape index (κ2) is 8.24. The molecule has 22 heavy (non-hydrogen) atoms. The van der Waals surface area contributed by atoms with Crippen LogP contribution in [-0.4, -0.2) is 25.9 Å². The summed E-state index contributed by atoms with van der Waals surface area (Å²) in [6.07, 6.45) is 0.893. The minimum absolute atomic E-state index is 0.599. The second-order valence-electron chi connectivity index (χ2n) is 4.71. The second-order valence-corrected chi connectivity index (χ2v) is 5.12. The van der Waals surface area contributed by atoms with Crippen LogP contribution in [0.5, 0.6) is 11.5 Å². The highest BCUT2D eigenvalue weighted by molar-refractivity contribution is 7.80. The predicted molar refractivity (Wildman–Crippen MR) is 93.9 cm³/mol. The zero-order valence-electron chi connectivity index (χ0n) is 12.8. The lowest BCUT2D eigenvalue weighted by molar-refractivity contribution is 0.414. The van der Waals surface area contributed by atoms with E-state index in [-0.39, 0.29) is 0 Å². The smallest absolute Gasteiger partial charge is 0.170 e. The van der Waals surface area contributed by atoms with Gasteiger partial charge >= 0.3 is 0 Å². The van der Waals surface area contributed by atoms with Crippen molar-refractivity contribution in [2.45, 2.75) is 6.42 Å². The molecule has 0 fully saturated rings. The quantitative estimate of drug-likeness (QED) is 0.801. The van der Waals surface area contributed by atoms with E-state index in [0.29, 0.717) is 5.11 Å². The van der Waals surface area contributed by atoms with Gasteiger partial charge in [-0.05, 0) is 48.5 Å². The maximum Gasteiger partial charge on any atom is 0.170 e. The van der Waals surface area contributed by atoms with Crippen LogP contribution in [-0.2, 0) is 6.42 Å². The van der Waals surface area contributed by atoms with Gasteiger partial charge in [-0.25, -0.2) is 0 Å². The van der Waals surface area contributed by atoms with Gasteiger partial charge in [0.2, 0.25) is 0 Å². The lowest BCUT2D eigenvalue weighted by Crippen LogP contribution is -2.30. The molecule has 0 aromatic heterocycles. The molecule has 0 aliphatic heterocycles.